The Morgan fingerprint density at radius 2 is 1.70 bits per heavy atom. The van der Waals surface area contributed by atoms with E-state index in [2.05, 4.69) is 20.6 Å². The zero-order valence-electron chi connectivity index (χ0n) is 13.0. The third-order valence-corrected chi connectivity index (χ3v) is 3.35. The summed E-state index contributed by atoms with van der Waals surface area (Å²) in [6, 6.07) is 9.66. The van der Waals surface area contributed by atoms with E-state index in [1.807, 2.05) is 18.2 Å². The van der Waals surface area contributed by atoms with Crippen molar-refractivity contribution in [2.45, 2.75) is 12.8 Å². The molecule has 6 heteroatoms. The number of nitrogens with one attached hydrogen (secondary N) is 2. The summed E-state index contributed by atoms with van der Waals surface area (Å²) in [4.78, 5) is 8.32. The number of guanidine groups is 1. The first-order valence-electron chi connectivity index (χ1n) is 7.48. The van der Waals surface area contributed by atoms with Gasteiger partial charge in [-0.2, -0.15) is 0 Å². The van der Waals surface area contributed by atoms with Crippen LogP contribution < -0.4 is 10.6 Å². The van der Waals surface area contributed by atoms with Crippen LogP contribution in [0.15, 0.2) is 47.6 Å². The highest BCUT2D eigenvalue weighted by Gasteiger charge is 2.08. The van der Waals surface area contributed by atoms with Gasteiger partial charge in [0.25, 0.3) is 0 Å². The molecule has 2 rings (SSSR count). The van der Waals surface area contributed by atoms with Crippen molar-refractivity contribution in [3.05, 3.63) is 65.5 Å². The Kier molecular flexibility index (Phi) is 6.47. The number of benzene rings is 1. The van der Waals surface area contributed by atoms with E-state index in [1.165, 1.54) is 18.2 Å². The zero-order chi connectivity index (χ0) is 16.5. The highest BCUT2D eigenvalue weighted by Crippen LogP contribution is 2.11. The molecular formula is C17H20F2N4. The smallest absolute Gasteiger partial charge is 0.190 e. The summed E-state index contributed by atoms with van der Waals surface area (Å²) < 4.78 is 27.1. The quantitative estimate of drug-likeness (QED) is 0.635. The minimum atomic E-state index is -0.523. The lowest BCUT2D eigenvalue weighted by atomic mass is 10.1. The molecule has 0 unspecified atom stereocenters. The van der Waals surface area contributed by atoms with Gasteiger partial charge in [-0.15, -0.1) is 0 Å². The topological polar surface area (TPSA) is 49.3 Å². The fourth-order valence-electron chi connectivity index (χ4n) is 2.15. The monoisotopic (exact) mass is 318 g/mol. The van der Waals surface area contributed by atoms with Crippen LogP contribution in [0.4, 0.5) is 8.78 Å². The highest BCUT2D eigenvalue weighted by molar-refractivity contribution is 5.79. The van der Waals surface area contributed by atoms with Crippen LogP contribution in [-0.4, -0.2) is 31.1 Å². The highest BCUT2D eigenvalue weighted by atomic mass is 19.1. The molecule has 1 aromatic carbocycles. The van der Waals surface area contributed by atoms with Crippen LogP contribution in [-0.2, 0) is 12.8 Å². The normalized spacial score (nSPS) is 11.3. The Bertz CT molecular complexity index is 624. The summed E-state index contributed by atoms with van der Waals surface area (Å²) in [7, 11) is 1.65. The van der Waals surface area contributed by atoms with Crippen LogP contribution in [0.5, 0.6) is 0 Å². The molecule has 2 N–H and O–H groups in total. The van der Waals surface area contributed by atoms with Gasteiger partial charge in [-0.25, -0.2) is 8.78 Å². The molecule has 4 nitrogen and oxygen atoms in total. The number of aliphatic imine (C=N–C) groups is 1. The average molecular weight is 318 g/mol. The number of pyridine rings is 1. The van der Waals surface area contributed by atoms with Gasteiger partial charge in [0.05, 0.1) is 0 Å². The minimum Gasteiger partial charge on any atom is -0.356 e. The molecule has 1 aromatic heterocycles. The third kappa shape index (κ3) is 5.32. The van der Waals surface area contributed by atoms with Crippen LogP contribution in [0, 0.1) is 11.6 Å². The predicted molar refractivity (Wildman–Crippen MR) is 87.4 cm³/mol. The Morgan fingerprint density at radius 1 is 1.00 bits per heavy atom. The van der Waals surface area contributed by atoms with Crippen LogP contribution in [0.25, 0.3) is 0 Å². The molecule has 0 bridgehead atoms. The largest absolute Gasteiger partial charge is 0.356 e. The first-order valence-corrected chi connectivity index (χ1v) is 7.48. The second kappa shape index (κ2) is 8.82. The summed E-state index contributed by atoms with van der Waals surface area (Å²) in [5.74, 6) is -0.451. The molecule has 0 spiro atoms. The van der Waals surface area contributed by atoms with E-state index in [-0.39, 0.29) is 12.0 Å². The van der Waals surface area contributed by atoms with Crippen LogP contribution in [0.3, 0.4) is 0 Å². The molecule has 0 amide bonds. The molecule has 0 radical (unpaired) electrons. The first kappa shape index (κ1) is 16.9. The van der Waals surface area contributed by atoms with Gasteiger partial charge in [-0.05, 0) is 30.7 Å². The molecule has 2 aromatic rings. The van der Waals surface area contributed by atoms with Crippen LogP contribution in [0.2, 0.25) is 0 Å². The average Bonchev–Trinajstić information content (AvgIpc) is 2.57. The second-order valence-electron chi connectivity index (χ2n) is 4.95. The van der Waals surface area contributed by atoms with E-state index in [1.54, 1.807) is 13.2 Å². The Labute approximate surface area is 134 Å². The van der Waals surface area contributed by atoms with E-state index in [0.29, 0.717) is 19.0 Å². The molecule has 0 atom stereocenters. The summed E-state index contributed by atoms with van der Waals surface area (Å²) in [5, 5.41) is 6.19. The van der Waals surface area contributed by atoms with Crippen molar-refractivity contribution >= 4 is 5.96 Å². The van der Waals surface area contributed by atoms with Gasteiger partial charge in [0.1, 0.15) is 11.6 Å². The number of hydrogen-bond acceptors (Lipinski definition) is 2. The lowest BCUT2D eigenvalue weighted by Gasteiger charge is -2.12. The van der Waals surface area contributed by atoms with Gasteiger partial charge in [0.2, 0.25) is 0 Å². The summed E-state index contributed by atoms with van der Waals surface area (Å²) in [6.07, 6.45) is 2.77. The van der Waals surface area contributed by atoms with Crippen molar-refractivity contribution in [3.8, 4) is 0 Å². The molecule has 0 fully saturated rings. The SMILES string of the molecule is CN=C(NCCc1ccccn1)NCCc1c(F)cccc1F. The van der Waals surface area contributed by atoms with E-state index >= 15 is 0 Å². The summed E-state index contributed by atoms with van der Waals surface area (Å²) in [5.41, 5.74) is 1.08. The third-order valence-electron chi connectivity index (χ3n) is 3.35. The van der Waals surface area contributed by atoms with Crippen molar-refractivity contribution in [2.24, 2.45) is 4.99 Å². The molecule has 0 saturated heterocycles. The molecule has 122 valence electrons. The van der Waals surface area contributed by atoms with E-state index < -0.39 is 11.6 Å². The van der Waals surface area contributed by atoms with E-state index in [9.17, 15) is 8.78 Å². The maximum absolute atomic E-state index is 13.5. The fraction of sp³-hybridized carbons (Fsp3) is 0.294. The number of rotatable bonds is 6. The van der Waals surface area contributed by atoms with Gasteiger partial charge < -0.3 is 10.6 Å². The van der Waals surface area contributed by atoms with Crippen molar-refractivity contribution in [3.63, 3.8) is 0 Å². The number of aromatic nitrogens is 1. The molecule has 23 heavy (non-hydrogen) atoms. The van der Waals surface area contributed by atoms with Crippen LogP contribution in [0.1, 0.15) is 11.3 Å². The van der Waals surface area contributed by atoms with Gasteiger partial charge in [0, 0.05) is 44.0 Å². The maximum atomic E-state index is 13.5. The van der Waals surface area contributed by atoms with E-state index in [0.717, 1.165) is 12.1 Å². The van der Waals surface area contributed by atoms with Gasteiger partial charge in [-0.1, -0.05) is 12.1 Å². The Balaban J connectivity index is 1.75. The Morgan fingerprint density at radius 3 is 2.30 bits per heavy atom. The maximum Gasteiger partial charge on any atom is 0.190 e. The summed E-state index contributed by atoms with van der Waals surface area (Å²) >= 11 is 0. The lowest BCUT2D eigenvalue weighted by molar-refractivity contribution is 0.553. The number of halogens is 2. The van der Waals surface area contributed by atoms with Crippen molar-refractivity contribution in [1.29, 1.82) is 0 Å². The second-order valence-corrected chi connectivity index (χ2v) is 4.95. The summed E-state index contributed by atoms with van der Waals surface area (Å²) in [6.45, 7) is 1.06. The molecule has 1 heterocycles. The zero-order valence-corrected chi connectivity index (χ0v) is 13.0. The van der Waals surface area contributed by atoms with Gasteiger partial charge in [-0.3, -0.25) is 9.98 Å². The van der Waals surface area contributed by atoms with Crippen molar-refractivity contribution < 1.29 is 8.78 Å². The number of nitrogens with zero attached hydrogens (tertiary/aromatic N) is 2. The molecule has 0 aliphatic heterocycles. The van der Waals surface area contributed by atoms with Crippen LogP contribution >= 0.6 is 0 Å². The first-order chi connectivity index (χ1) is 11.2. The molecule has 0 saturated carbocycles. The minimum absolute atomic E-state index is 0.0870. The molecule has 0 aliphatic carbocycles. The Hall–Kier alpha value is -2.50. The lowest BCUT2D eigenvalue weighted by Crippen LogP contribution is -2.39. The van der Waals surface area contributed by atoms with Gasteiger partial charge in [0.15, 0.2) is 5.96 Å². The predicted octanol–water partition coefficient (Wildman–Crippen LogP) is 2.31. The van der Waals surface area contributed by atoms with E-state index in [4.69, 9.17) is 0 Å². The number of hydrogen-bond donors (Lipinski definition) is 2. The fourth-order valence-corrected chi connectivity index (χ4v) is 2.15. The standard InChI is InChI=1S/C17H20F2N4/c1-20-17(22-11-8-13-5-2-3-10-21-13)23-12-9-14-15(18)6-4-7-16(14)19/h2-7,10H,8-9,11-12H2,1H3,(H2,20,22,23). The van der Waals surface area contributed by atoms with Crippen molar-refractivity contribution in [1.82, 2.24) is 15.6 Å². The molecule has 0 aliphatic rings. The molecular weight excluding hydrogens is 298 g/mol. The van der Waals surface area contributed by atoms with Crippen molar-refractivity contribution in [2.75, 3.05) is 20.1 Å². The van der Waals surface area contributed by atoms with Gasteiger partial charge >= 0.3 is 0 Å².